The standard InChI is InChI=1S/C28H40BrNO5/c1-17(2)23-10-20-11-26(15-31)22-7-6-18(3)21(22)12-27(20,28(23,26)25(32)33)16-35-24-13-30(9-5-8-29)19(4)14-34-24/h5,8,10,15,17-22,24H,6-7,9,11-14,16H2,1-4H3,(H,32,33)/t18-,19-,20+,21-,22-,24+,26+,27+,28+/m1/s1. The number of carboxylic acids is 1. The third-order valence-corrected chi connectivity index (χ3v) is 11.0. The van der Waals surface area contributed by atoms with Crippen LogP contribution in [0.2, 0.25) is 0 Å². The van der Waals surface area contributed by atoms with E-state index in [1.54, 1.807) is 0 Å². The summed E-state index contributed by atoms with van der Waals surface area (Å²) in [6, 6.07) is 0.288. The van der Waals surface area contributed by atoms with Crippen molar-refractivity contribution in [1.82, 2.24) is 4.90 Å². The van der Waals surface area contributed by atoms with E-state index in [-0.39, 0.29) is 23.8 Å². The number of fused-ring (bicyclic) bond motifs is 2. The van der Waals surface area contributed by atoms with Crippen LogP contribution in [0, 0.1) is 45.8 Å². The van der Waals surface area contributed by atoms with Crippen LogP contribution in [-0.2, 0) is 19.1 Å². The number of allylic oxidation sites excluding steroid dienone is 1. The molecule has 4 fully saturated rings. The maximum absolute atomic E-state index is 13.5. The van der Waals surface area contributed by atoms with Gasteiger partial charge in [-0.3, -0.25) is 9.69 Å². The predicted molar refractivity (Wildman–Crippen MR) is 137 cm³/mol. The SMILES string of the molecule is CC(C)C1=C[C@H]2C[C@]3(C=O)[C@@H]4CC[C@@H](C)[C@H]4C[C@@]2(CO[C@H]2CN(CC=CBr)[C@H](C)CO2)[C@]13C(=O)O. The van der Waals surface area contributed by atoms with Gasteiger partial charge in [0.1, 0.15) is 11.7 Å². The minimum absolute atomic E-state index is 0.0500. The average Bonchev–Trinajstić information content (AvgIpc) is 3.40. The number of carbonyl (C=O) groups excluding carboxylic acids is 1. The first-order valence-corrected chi connectivity index (χ1v) is 14.2. The van der Waals surface area contributed by atoms with Crippen molar-refractivity contribution in [3.8, 4) is 0 Å². The lowest BCUT2D eigenvalue weighted by Crippen LogP contribution is -2.64. The normalized spacial score (nSPS) is 46.9. The molecule has 0 unspecified atom stereocenters. The van der Waals surface area contributed by atoms with E-state index in [2.05, 4.69) is 60.7 Å². The molecule has 35 heavy (non-hydrogen) atoms. The summed E-state index contributed by atoms with van der Waals surface area (Å²) in [5.74, 6) is 0.313. The number of ether oxygens (including phenoxy) is 2. The molecule has 7 heteroatoms. The molecule has 4 bridgehead atoms. The van der Waals surface area contributed by atoms with Crippen molar-refractivity contribution in [2.45, 2.75) is 65.7 Å². The molecule has 1 aliphatic heterocycles. The molecular formula is C28H40BrNO5. The van der Waals surface area contributed by atoms with Gasteiger partial charge in [-0.2, -0.15) is 0 Å². The molecule has 9 atom stereocenters. The van der Waals surface area contributed by atoms with Crippen LogP contribution in [0.25, 0.3) is 0 Å². The summed E-state index contributed by atoms with van der Waals surface area (Å²) in [6.07, 6.45) is 8.45. The summed E-state index contributed by atoms with van der Waals surface area (Å²) in [5.41, 5.74) is -1.68. The molecule has 1 saturated heterocycles. The topological polar surface area (TPSA) is 76.1 Å². The van der Waals surface area contributed by atoms with E-state index in [1.165, 1.54) is 0 Å². The van der Waals surface area contributed by atoms with Crippen LogP contribution in [0.5, 0.6) is 0 Å². The highest BCUT2D eigenvalue weighted by atomic mass is 79.9. The Bertz CT molecular complexity index is 934. The van der Waals surface area contributed by atoms with E-state index in [9.17, 15) is 14.7 Å². The summed E-state index contributed by atoms with van der Waals surface area (Å²) in [7, 11) is 0. The first-order chi connectivity index (χ1) is 16.7. The fraction of sp³-hybridized carbons (Fsp3) is 0.786. The van der Waals surface area contributed by atoms with Crippen molar-refractivity contribution in [3.05, 3.63) is 22.7 Å². The zero-order chi connectivity index (χ0) is 25.2. The van der Waals surface area contributed by atoms with Crippen molar-refractivity contribution >= 4 is 28.2 Å². The third kappa shape index (κ3) is 3.30. The molecule has 5 aliphatic rings. The zero-order valence-electron chi connectivity index (χ0n) is 21.4. The molecule has 0 aromatic carbocycles. The second-order valence-corrected chi connectivity index (χ2v) is 12.8. The maximum atomic E-state index is 13.5. The number of nitrogens with zero attached hydrogens (tertiary/aromatic N) is 1. The van der Waals surface area contributed by atoms with Crippen LogP contribution in [0.15, 0.2) is 22.7 Å². The van der Waals surface area contributed by atoms with Crippen molar-refractivity contribution in [3.63, 3.8) is 0 Å². The van der Waals surface area contributed by atoms with Gasteiger partial charge in [0.25, 0.3) is 0 Å². The number of carbonyl (C=O) groups is 2. The third-order valence-electron chi connectivity index (χ3n) is 10.6. The zero-order valence-corrected chi connectivity index (χ0v) is 23.0. The molecule has 4 aliphatic carbocycles. The molecule has 1 heterocycles. The fourth-order valence-electron chi connectivity index (χ4n) is 9.18. The minimum atomic E-state index is -1.19. The lowest BCUT2D eigenvalue weighted by molar-refractivity contribution is -0.227. The Labute approximate surface area is 217 Å². The molecule has 6 nitrogen and oxygen atoms in total. The van der Waals surface area contributed by atoms with Gasteiger partial charge in [0.05, 0.1) is 25.2 Å². The first kappa shape index (κ1) is 25.6. The van der Waals surface area contributed by atoms with Gasteiger partial charge in [-0.1, -0.05) is 60.8 Å². The van der Waals surface area contributed by atoms with Crippen LogP contribution < -0.4 is 0 Å². The summed E-state index contributed by atoms with van der Waals surface area (Å²) in [4.78, 5) is 30.8. The predicted octanol–water partition coefficient (Wildman–Crippen LogP) is 4.88. The largest absolute Gasteiger partial charge is 0.481 e. The Kier molecular flexibility index (Phi) is 6.64. The molecule has 3 saturated carbocycles. The lowest BCUT2D eigenvalue weighted by Gasteiger charge is -2.58. The van der Waals surface area contributed by atoms with E-state index in [0.717, 1.165) is 37.7 Å². The Morgan fingerprint density at radius 2 is 2.11 bits per heavy atom. The smallest absolute Gasteiger partial charge is 0.315 e. The van der Waals surface area contributed by atoms with Crippen molar-refractivity contribution in [2.75, 3.05) is 26.3 Å². The van der Waals surface area contributed by atoms with Gasteiger partial charge in [0.2, 0.25) is 0 Å². The van der Waals surface area contributed by atoms with E-state index >= 15 is 0 Å². The highest BCUT2D eigenvalue weighted by molar-refractivity contribution is 9.11. The molecule has 0 spiro atoms. The average molecular weight is 551 g/mol. The second kappa shape index (κ2) is 9.07. The number of hydrogen-bond acceptors (Lipinski definition) is 5. The first-order valence-electron chi connectivity index (χ1n) is 13.3. The van der Waals surface area contributed by atoms with E-state index in [0.29, 0.717) is 38.0 Å². The molecular weight excluding hydrogens is 510 g/mol. The summed E-state index contributed by atoms with van der Waals surface area (Å²) in [5, 5.41) is 11.1. The van der Waals surface area contributed by atoms with E-state index in [1.807, 2.05) is 4.99 Å². The Morgan fingerprint density at radius 3 is 2.77 bits per heavy atom. The molecule has 5 rings (SSSR count). The number of halogens is 1. The van der Waals surface area contributed by atoms with Gasteiger partial charge >= 0.3 is 5.97 Å². The quantitative estimate of drug-likeness (QED) is 0.343. The lowest BCUT2D eigenvalue weighted by atomic mass is 9.43. The minimum Gasteiger partial charge on any atom is -0.481 e. The number of aliphatic carboxylic acids is 1. The van der Waals surface area contributed by atoms with Crippen LogP contribution in [0.4, 0.5) is 0 Å². The van der Waals surface area contributed by atoms with Gasteiger partial charge < -0.3 is 19.4 Å². The van der Waals surface area contributed by atoms with Crippen LogP contribution in [0.1, 0.15) is 53.4 Å². The maximum Gasteiger partial charge on any atom is 0.315 e. The summed E-state index contributed by atoms with van der Waals surface area (Å²) >= 11 is 3.35. The van der Waals surface area contributed by atoms with Crippen LogP contribution in [-0.4, -0.2) is 60.9 Å². The van der Waals surface area contributed by atoms with Crippen LogP contribution >= 0.6 is 15.9 Å². The molecule has 0 aromatic heterocycles. The van der Waals surface area contributed by atoms with Crippen molar-refractivity contribution in [2.24, 2.45) is 45.8 Å². The number of rotatable bonds is 8. The van der Waals surface area contributed by atoms with Gasteiger partial charge in [-0.25, -0.2) is 0 Å². The number of aldehydes is 1. The van der Waals surface area contributed by atoms with Gasteiger partial charge in [0, 0.05) is 18.0 Å². The van der Waals surface area contributed by atoms with E-state index in [4.69, 9.17) is 9.47 Å². The Hall–Kier alpha value is -1.02. The molecule has 0 radical (unpaired) electrons. The Morgan fingerprint density at radius 1 is 1.34 bits per heavy atom. The number of morpholine rings is 1. The molecule has 1 N–H and O–H groups in total. The second-order valence-electron chi connectivity index (χ2n) is 12.2. The molecule has 0 amide bonds. The van der Waals surface area contributed by atoms with Gasteiger partial charge in [-0.15, -0.1) is 0 Å². The van der Waals surface area contributed by atoms with Gasteiger partial charge in [0.15, 0.2) is 6.29 Å². The molecule has 194 valence electrons. The van der Waals surface area contributed by atoms with Crippen molar-refractivity contribution < 1.29 is 24.2 Å². The van der Waals surface area contributed by atoms with Gasteiger partial charge in [-0.05, 0) is 60.8 Å². The number of carboxylic acid groups (broad SMARTS) is 1. The fourth-order valence-corrected chi connectivity index (χ4v) is 9.35. The highest BCUT2D eigenvalue weighted by Crippen LogP contribution is 2.82. The van der Waals surface area contributed by atoms with E-state index < -0.39 is 28.5 Å². The monoisotopic (exact) mass is 549 g/mol. The summed E-state index contributed by atoms with van der Waals surface area (Å²) < 4.78 is 12.6. The summed E-state index contributed by atoms with van der Waals surface area (Å²) in [6.45, 7) is 10.9. The van der Waals surface area contributed by atoms with Crippen molar-refractivity contribution in [1.29, 1.82) is 0 Å². The van der Waals surface area contributed by atoms with Crippen LogP contribution in [0.3, 0.4) is 0 Å². The Balaban J connectivity index is 1.52. The number of hydrogen-bond donors (Lipinski definition) is 1. The molecule has 0 aromatic rings. The highest BCUT2D eigenvalue weighted by Gasteiger charge is 2.84.